The first-order valence-corrected chi connectivity index (χ1v) is 8.89. The molecular formula is C21H25F. The molecular weight excluding hydrogens is 271 g/mol. The van der Waals surface area contributed by atoms with Gasteiger partial charge in [-0.15, -0.1) is 0 Å². The second kappa shape index (κ2) is 5.68. The van der Waals surface area contributed by atoms with Crippen LogP contribution in [0.4, 0.5) is 4.39 Å². The highest BCUT2D eigenvalue weighted by atomic mass is 19.1. The number of fused-ring (bicyclic) bond motifs is 2. The van der Waals surface area contributed by atoms with Crippen molar-refractivity contribution in [1.82, 2.24) is 0 Å². The quantitative estimate of drug-likeness (QED) is 0.579. The highest BCUT2D eigenvalue weighted by Gasteiger charge is 2.34. The van der Waals surface area contributed by atoms with Crippen LogP contribution in [0.1, 0.15) is 56.9 Å². The van der Waals surface area contributed by atoms with Gasteiger partial charge in [-0.05, 0) is 78.9 Å². The average Bonchev–Trinajstić information content (AvgIpc) is 2.54. The van der Waals surface area contributed by atoms with Crippen LogP contribution >= 0.6 is 0 Å². The van der Waals surface area contributed by atoms with Gasteiger partial charge in [0.25, 0.3) is 0 Å². The lowest BCUT2D eigenvalue weighted by Crippen LogP contribution is -2.29. The molecule has 1 heteroatoms. The molecule has 0 aliphatic heterocycles. The fourth-order valence-electron chi connectivity index (χ4n) is 4.93. The summed E-state index contributed by atoms with van der Waals surface area (Å²) in [6, 6.07) is 11.8. The van der Waals surface area contributed by atoms with Crippen molar-refractivity contribution in [2.75, 3.05) is 0 Å². The van der Waals surface area contributed by atoms with Crippen molar-refractivity contribution in [3.8, 4) is 0 Å². The molecule has 2 aliphatic carbocycles. The standard InChI is InChI=1S/C21H25F/c1-14-5-6-17-12-18(10-9-16(17)11-14)19-8-7-15-3-2-4-21(22)20(15)13-19/h2-4,7-8,13-14,16-18H,5-6,9-12H2,1H3. The minimum atomic E-state index is -0.0838. The SMILES string of the molecule is CC1CCC2CC(c3ccc4cccc(F)c4c3)CCC2C1. The van der Waals surface area contributed by atoms with Crippen LogP contribution in [-0.4, -0.2) is 0 Å². The van der Waals surface area contributed by atoms with Gasteiger partial charge < -0.3 is 0 Å². The number of hydrogen-bond acceptors (Lipinski definition) is 0. The Bertz CT molecular complexity index is 675. The zero-order valence-electron chi connectivity index (χ0n) is 13.4. The number of halogens is 1. The van der Waals surface area contributed by atoms with E-state index in [0.29, 0.717) is 5.92 Å². The molecule has 2 aliphatic rings. The van der Waals surface area contributed by atoms with E-state index in [9.17, 15) is 4.39 Å². The monoisotopic (exact) mass is 296 g/mol. The number of rotatable bonds is 1. The topological polar surface area (TPSA) is 0 Å². The predicted octanol–water partition coefficient (Wildman–Crippen LogP) is 6.30. The van der Waals surface area contributed by atoms with E-state index < -0.39 is 0 Å². The Morgan fingerprint density at radius 2 is 1.73 bits per heavy atom. The molecule has 0 nitrogen and oxygen atoms in total. The van der Waals surface area contributed by atoms with Gasteiger partial charge in [-0.25, -0.2) is 4.39 Å². The lowest BCUT2D eigenvalue weighted by Gasteiger charge is -2.41. The maximum Gasteiger partial charge on any atom is 0.131 e. The molecule has 116 valence electrons. The molecule has 2 aromatic carbocycles. The van der Waals surface area contributed by atoms with Gasteiger partial charge in [0.15, 0.2) is 0 Å². The van der Waals surface area contributed by atoms with Gasteiger partial charge in [0.05, 0.1) is 0 Å². The highest BCUT2D eigenvalue weighted by Crippen LogP contribution is 2.47. The maximum absolute atomic E-state index is 14.0. The first kappa shape index (κ1) is 14.2. The molecule has 0 aromatic heterocycles. The molecule has 0 amide bonds. The fourth-order valence-corrected chi connectivity index (χ4v) is 4.93. The van der Waals surface area contributed by atoms with Crippen LogP contribution in [0.5, 0.6) is 0 Å². The van der Waals surface area contributed by atoms with Crippen LogP contribution in [0.25, 0.3) is 10.8 Å². The molecule has 4 rings (SSSR count). The van der Waals surface area contributed by atoms with E-state index in [1.807, 2.05) is 6.07 Å². The summed E-state index contributed by atoms with van der Waals surface area (Å²) in [7, 11) is 0. The summed E-state index contributed by atoms with van der Waals surface area (Å²) in [4.78, 5) is 0. The number of hydrogen-bond donors (Lipinski definition) is 0. The average molecular weight is 296 g/mol. The van der Waals surface area contributed by atoms with E-state index in [2.05, 4.69) is 25.1 Å². The molecule has 0 bridgehead atoms. The van der Waals surface area contributed by atoms with Gasteiger partial charge in [-0.2, -0.15) is 0 Å². The van der Waals surface area contributed by atoms with E-state index in [0.717, 1.165) is 28.5 Å². The van der Waals surface area contributed by atoms with Gasteiger partial charge >= 0.3 is 0 Å². The first-order valence-electron chi connectivity index (χ1n) is 8.89. The molecule has 0 spiro atoms. The van der Waals surface area contributed by atoms with Crippen molar-refractivity contribution in [2.24, 2.45) is 17.8 Å². The summed E-state index contributed by atoms with van der Waals surface area (Å²) in [6.45, 7) is 2.41. The Morgan fingerprint density at radius 3 is 2.64 bits per heavy atom. The molecule has 2 fully saturated rings. The molecule has 0 radical (unpaired) electrons. The Morgan fingerprint density at radius 1 is 0.909 bits per heavy atom. The summed E-state index contributed by atoms with van der Waals surface area (Å²) < 4.78 is 14.0. The fraction of sp³-hybridized carbons (Fsp3) is 0.524. The minimum absolute atomic E-state index is 0.0838. The van der Waals surface area contributed by atoms with Gasteiger partial charge in [-0.3, -0.25) is 0 Å². The number of benzene rings is 2. The second-order valence-electron chi connectivity index (χ2n) is 7.67. The van der Waals surface area contributed by atoms with E-state index in [1.54, 1.807) is 12.1 Å². The normalized spacial score (nSPS) is 31.9. The van der Waals surface area contributed by atoms with Crippen molar-refractivity contribution < 1.29 is 4.39 Å². The minimum Gasteiger partial charge on any atom is -0.206 e. The van der Waals surface area contributed by atoms with Gasteiger partial charge in [-0.1, -0.05) is 37.6 Å². The van der Waals surface area contributed by atoms with E-state index in [-0.39, 0.29) is 5.82 Å². The van der Waals surface area contributed by atoms with Crippen molar-refractivity contribution in [2.45, 2.75) is 51.4 Å². The third-order valence-corrected chi connectivity index (χ3v) is 6.20. The summed E-state index contributed by atoms with van der Waals surface area (Å²) in [5.74, 6) is 3.34. The summed E-state index contributed by atoms with van der Waals surface area (Å²) in [5.41, 5.74) is 1.36. The summed E-state index contributed by atoms with van der Waals surface area (Å²) >= 11 is 0. The van der Waals surface area contributed by atoms with Crippen LogP contribution < -0.4 is 0 Å². The Labute approximate surface area is 132 Å². The van der Waals surface area contributed by atoms with Gasteiger partial charge in [0.1, 0.15) is 5.82 Å². The third kappa shape index (κ3) is 2.55. The van der Waals surface area contributed by atoms with Crippen molar-refractivity contribution in [1.29, 1.82) is 0 Å². The largest absolute Gasteiger partial charge is 0.206 e. The van der Waals surface area contributed by atoms with E-state index >= 15 is 0 Å². The molecule has 2 saturated carbocycles. The van der Waals surface area contributed by atoms with Crippen molar-refractivity contribution in [3.63, 3.8) is 0 Å². The Balaban J connectivity index is 1.59. The molecule has 0 heterocycles. The van der Waals surface area contributed by atoms with Crippen LogP contribution in [0, 0.1) is 23.6 Å². The lowest BCUT2D eigenvalue weighted by molar-refractivity contribution is 0.124. The molecule has 4 unspecified atom stereocenters. The van der Waals surface area contributed by atoms with Gasteiger partial charge in [0, 0.05) is 5.39 Å². The molecule has 0 N–H and O–H groups in total. The molecule has 2 aromatic rings. The van der Waals surface area contributed by atoms with E-state index in [4.69, 9.17) is 0 Å². The molecule has 22 heavy (non-hydrogen) atoms. The maximum atomic E-state index is 14.0. The van der Waals surface area contributed by atoms with Crippen LogP contribution in [0.2, 0.25) is 0 Å². The zero-order valence-corrected chi connectivity index (χ0v) is 13.4. The lowest BCUT2D eigenvalue weighted by atomic mass is 9.64. The van der Waals surface area contributed by atoms with Crippen molar-refractivity contribution in [3.05, 3.63) is 47.8 Å². The summed E-state index contributed by atoms with van der Waals surface area (Å²) in [6.07, 6.45) is 8.22. The first-order chi connectivity index (χ1) is 10.7. The highest BCUT2D eigenvalue weighted by molar-refractivity contribution is 5.83. The summed E-state index contributed by atoms with van der Waals surface area (Å²) in [5, 5.41) is 1.81. The predicted molar refractivity (Wildman–Crippen MR) is 90.5 cm³/mol. The Kier molecular flexibility index (Phi) is 3.68. The van der Waals surface area contributed by atoms with Gasteiger partial charge in [0.2, 0.25) is 0 Å². The molecule has 0 saturated heterocycles. The third-order valence-electron chi connectivity index (χ3n) is 6.20. The van der Waals surface area contributed by atoms with Crippen LogP contribution in [0.15, 0.2) is 36.4 Å². The zero-order chi connectivity index (χ0) is 15.1. The van der Waals surface area contributed by atoms with Crippen LogP contribution in [0.3, 0.4) is 0 Å². The van der Waals surface area contributed by atoms with E-state index in [1.165, 1.54) is 44.1 Å². The Hall–Kier alpha value is -1.37. The smallest absolute Gasteiger partial charge is 0.131 e. The van der Waals surface area contributed by atoms with Crippen molar-refractivity contribution >= 4 is 10.8 Å². The molecule has 4 atom stereocenters. The second-order valence-corrected chi connectivity index (χ2v) is 7.67. The van der Waals surface area contributed by atoms with Crippen LogP contribution in [-0.2, 0) is 0 Å².